The average molecular weight is 1470 g/mol. The van der Waals surface area contributed by atoms with Crippen molar-refractivity contribution in [1.82, 2.24) is 29.8 Å². The summed E-state index contributed by atoms with van der Waals surface area (Å²) in [6, 6.07) is 61.0. The molecule has 6 aromatic carbocycles. The molecule has 0 saturated carbocycles. The van der Waals surface area contributed by atoms with Crippen LogP contribution in [0.1, 0.15) is 58.9 Å². The molecule has 20 heteroatoms. The number of carboxylic acids is 1. The van der Waals surface area contributed by atoms with Crippen molar-refractivity contribution in [1.29, 1.82) is 10.5 Å². The molecular weight excluding hydrogens is 1390 g/mol. The Labute approximate surface area is 548 Å². The van der Waals surface area contributed by atoms with Crippen LogP contribution < -0.4 is 5.32 Å². The molecule has 84 heavy (non-hydrogen) atoms. The number of carboxylic acid groups (broad SMARTS) is 1. The van der Waals surface area contributed by atoms with Gasteiger partial charge in [0.15, 0.2) is 0 Å². The molecule has 0 aliphatic carbocycles. The van der Waals surface area contributed by atoms with E-state index in [1.165, 1.54) is 33.4 Å². The van der Waals surface area contributed by atoms with Gasteiger partial charge in [-0.3, -0.25) is 24.5 Å². The van der Waals surface area contributed by atoms with Gasteiger partial charge in [0.2, 0.25) is 0 Å². The Kier molecular flexibility index (Phi) is 39.7. The van der Waals surface area contributed by atoms with Crippen molar-refractivity contribution in [2.45, 2.75) is 25.6 Å². The summed E-state index contributed by atoms with van der Waals surface area (Å²) in [5.74, 6) is -0.463. The summed E-state index contributed by atoms with van der Waals surface area (Å²) >= 11 is 27.6. The van der Waals surface area contributed by atoms with E-state index in [9.17, 15) is 4.79 Å². The van der Waals surface area contributed by atoms with E-state index >= 15 is 0 Å². The van der Waals surface area contributed by atoms with E-state index in [4.69, 9.17) is 71.5 Å². The van der Waals surface area contributed by atoms with E-state index in [0.29, 0.717) is 31.7 Å². The fraction of sp³-hybridized carbons (Fsp3) is 0.391. The topological polar surface area (TPSA) is 141 Å². The molecule has 0 radical (unpaired) electrons. The maximum atomic E-state index is 10.5. The SMILES string of the molecule is C.Cl.Clc1ccc([C@@H](c2ccccc2)N2CCNCC2)cc1.II.N#CCOCCCl.N#CCOCCN1CCN([C@H](c2ccccc2)c2ccc(Cl)cc2)CC1.O=C(O)COCCN1CCN([C@H](c2ccccc2)c2ccc(Cl)cc2)CC1. The average Bonchev–Trinajstić information content (AvgIpc) is 3.72. The summed E-state index contributed by atoms with van der Waals surface area (Å²) in [6.07, 6.45) is 0. The van der Waals surface area contributed by atoms with Crippen LogP contribution >= 0.6 is 96.0 Å². The normalized spacial score (nSPS) is 15.7. The van der Waals surface area contributed by atoms with E-state index < -0.39 is 5.97 Å². The highest BCUT2D eigenvalue weighted by Gasteiger charge is 2.28. The predicted molar refractivity (Wildman–Crippen MR) is 364 cm³/mol. The molecule has 3 aliphatic rings. The summed E-state index contributed by atoms with van der Waals surface area (Å²) < 4.78 is 15.1. The number of nitrogens with one attached hydrogen (secondary N) is 1. The van der Waals surface area contributed by atoms with Gasteiger partial charge in [0, 0.05) is 150 Å². The molecule has 0 amide bonds. The van der Waals surface area contributed by atoms with Crippen LogP contribution in [0.5, 0.6) is 0 Å². The second kappa shape index (κ2) is 44.7. The molecule has 3 fully saturated rings. The minimum atomic E-state index is -0.923. The number of alkyl halides is 1. The molecular formula is C64H79Cl5I2N8O5. The van der Waals surface area contributed by atoms with Crippen molar-refractivity contribution in [3.63, 3.8) is 0 Å². The third-order valence-electron chi connectivity index (χ3n) is 13.8. The number of carbonyl (C=O) groups is 1. The highest BCUT2D eigenvalue weighted by Crippen LogP contribution is 2.33. The number of aliphatic carboxylic acids is 1. The molecule has 0 aromatic heterocycles. The van der Waals surface area contributed by atoms with Crippen molar-refractivity contribution < 1.29 is 24.1 Å². The standard InChI is InChI=1S/C21H24ClN3O.C21H25ClN2O3.C17H19ClN2.C4H6ClNO.CH4.ClH.I2/c22-20-8-6-19(7-9-20)21(18-4-2-1-3-5-18)25-13-11-24(12-14-25)15-17-26-16-10-23;22-19-8-6-18(7-9-19)21(17-4-2-1-3-5-17)24-12-10-23(11-13-24)14-15-27-16-20(25)26;18-16-8-6-15(7-9-16)17(14-4-2-1-3-5-14)20-12-10-19-11-13-20;5-1-3-7-4-2-6;;;1-2/h1-9,21H,11-17H2;1-9,21H,10-16H2,(H,25,26);1-9,17,19H,10-13H2;1,3-4H2;1H4;1H;/t2*21-;17-;;;;/m111..../s1. The van der Waals surface area contributed by atoms with E-state index in [1.54, 1.807) is 0 Å². The molecule has 6 aromatic rings. The summed E-state index contributed by atoms with van der Waals surface area (Å²) in [7, 11) is 0. The van der Waals surface area contributed by atoms with Gasteiger partial charge < -0.3 is 24.6 Å². The summed E-state index contributed by atoms with van der Waals surface area (Å²) in [6.45, 7) is 15.3. The molecule has 9 rings (SSSR count). The lowest BCUT2D eigenvalue weighted by molar-refractivity contribution is -0.142. The van der Waals surface area contributed by atoms with Crippen molar-refractivity contribution in [2.75, 3.05) is 137 Å². The monoisotopic (exact) mass is 1470 g/mol. The lowest BCUT2D eigenvalue weighted by atomic mass is 9.96. The zero-order chi connectivity index (χ0) is 58.6. The number of nitriles is 2. The number of ether oxygens (including phenoxy) is 3. The molecule has 0 bridgehead atoms. The minimum absolute atomic E-state index is 0. The Balaban J connectivity index is 0.000000306. The van der Waals surface area contributed by atoms with Crippen LogP contribution in [0.15, 0.2) is 164 Å². The molecule has 0 unspecified atom stereocenters. The number of rotatable bonds is 21. The first-order valence-corrected chi connectivity index (χ1v) is 35.3. The van der Waals surface area contributed by atoms with Crippen LogP contribution in [0.4, 0.5) is 0 Å². The van der Waals surface area contributed by atoms with Crippen molar-refractivity contribution in [2.24, 2.45) is 0 Å². The quantitative estimate of drug-likeness (QED) is 0.0402. The Hall–Kier alpha value is -3.68. The van der Waals surface area contributed by atoms with E-state index in [1.807, 2.05) is 54.6 Å². The molecule has 0 spiro atoms. The first-order chi connectivity index (χ1) is 40.2. The molecule has 2 N–H and O–H groups in total. The van der Waals surface area contributed by atoms with Crippen molar-refractivity contribution in [3.05, 3.63) is 212 Å². The smallest absolute Gasteiger partial charge is 0.329 e. The lowest BCUT2D eigenvalue weighted by Gasteiger charge is -2.39. The summed E-state index contributed by atoms with van der Waals surface area (Å²) in [5.41, 5.74) is 7.74. The zero-order valence-electron chi connectivity index (χ0n) is 46.6. The third kappa shape index (κ3) is 27.2. The van der Waals surface area contributed by atoms with Crippen LogP contribution in [0.2, 0.25) is 15.1 Å². The minimum Gasteiger partial charge on any atom is -0.480 e. The molecule has 454 valence electrons. The Morgan fingerprint density at radius 1 is 0.488 bits per heavy atom. The molecule has 13 nitrogen and oxygen atoms in total. The van der Waals surface area contributed by atoms with Crippen LogP contribution in [0.3, 0.4) is 0 Å². The number of hydrogen-bond acceptors (Lipinski definition) is 12. The lowest BCUT2D eigenvalue weighted by Crippen LogP contribution is -2.48. The third-order valence-corrected chi connectivity index (χ3v) is 14.8. The van der Waals surface area contributed by atoms with Gasteiger partial charge in [0.05, 0.1) is 50.1 Å². The second-order valence-electron chi connectivity index (χ2n) is 19.2. The number of halogens is 7. The van der Waals surface area contributed by atoms with Gasteiger partial charge in [-0.05, 0) is 69.8 Å². The van der Waals surface area contributed by atoms with Gasteiger partial charge in [-0.15, -0.1) is 24.0 Å². The number of hydrogen-bond donors (Lipinski definition) is 2. The fourth-order valence-corrected chi connectivity index (χ4v) is 10.4. The summed E-state index contributed by atoms with van der Waals surface area (Å²) in [4.78, 5) is 22.8. The number of nitrogens with zero attached hydrogens (tertiary/aromatic N) is 7. The number of benzene rings is 6. The van der Waals surface area contributed by atoms with Gasteiger partial charge >= 0.3 is 5.97 Å². The van der Waals surface area contributed by atoms with Gasteiger partial charge in [-0.25, -0.2) is 4.79 Å². The van der Waals surface area contributed by atoms with Gasteiger partial charge in [0.25, 0.3) is 0 Å². The second-order valence-corrected chi connectivity index (χ2v) is 20.9. The van der Waals surface area contributed by atoms with Crippen molar-refractivity contribution >= 4 is 102 Å². The summed E-state index contributed by atoms with van der Waals surface area (Å²) in [5, 5.41) is 30.8. The van der Waals surface area contributed by atoms with Gasteiger partial charge in [-0.2, -0.15) is 10.5 Å². The fourth-order valence-electron chi connectivity index (χ4n) is 9.95. The largest absolute Gasteiger partial charge is 0.480 e. The van der Waals surface area contributed by atoms with Gasteiger partial charge in [0.1, 0.15) is 19.8 Å². The predicted octanol–water partition coefficient (Wildman–Crippen LogP) is 13.7. The molecule has 3 atom stereocenters. The molecule has 3 heterocycles. The maximum absolute atomic E-state index is 10.5. The molecule has 3 aliphatic heterocycles. The first-order valence-electron chi connectivity index (χ1n) is 27.3. The Morgan fingerprint density at radius 2 is 0.786 bits per heavy atom. The maximum Gasteiger partial charge on any atom is 0.329 e. The molecule has 3 saturated heterocycles. The van der Waals surface area contributed by atoms with Crippen LogP contribution in [-0.4, -0.2) is 173 Å². The Bertz CT molecular complexity index is 2720. The number of piperazine rings is 3. The van der Waals surface area contributed by atoms with Crippen LogP contribution in [-0.2, 0) is 19.0 Å². The van der Waals surface area contributed by atoms with E-state index in [2.05, 4.69) is 193 Å². The van der Waals surface area contributed by atoms with Crippen LogP contribution in [0.25, 0.3) is 0 Å². The highest BCUT2D eigenvalue weighted by atomic mass is 128. The first kappa shape index (κ1) is 74.6. The van der Waals surface area contributed by atoms with Crippen molar-refractivity contribution in [3.8, 4) is 12.1 Å². The van der Waals surface area contributed by atoms with E-state index in [-0.39, 0.29) is 51.7 Å². The van der Waals surface area contributed by atoms with E-state index in [0.717, 1.165) is 107 Å². The Morgan fingerprint density at radius 3 is 1.10 bits per heavy atom. The van der Waals surface area contributed by atoms with Crippen LogP contribution in [0, 0.1) is 22.7 Å². The zero-order valence-corrected chi connectivity index (χ0v) is 54.7. The highest BCUT2D eigenvalue weighted by molar-refractivity contribution is 15.0. The van der Waals surface area contributed by atoms with Gasteiger partial charge in [-0.1, -0.05) is 170 Å².